The number of anilines is 1. The molecule has 0 aliphatic heterocycles. The molecule has 0 N–H and O–H groups in total. The minimum atomic E-state index is 0.00502. The number of pyridine rings is 1. The highest BCUT2D eigenvalue weighted by Crippen LogP contribution is 2.34. The summed E-state index contributed by atoms with van der Waals surface area (Å²) in [5.41, 5.74) is 2.41. The summed E-state index contributed by atoms with van der Waals surface area (Å²) in [6.07, 6.45) is 5.60. The predicted molar refractivity (Wildman–Crippen MR) is 94.2 cm³/mol. The molecule has 0 bridgehead atoms. The Balaban J connectivity index is 1.74. The second-order valence-corrected chi connectivity index (χ2v) is 6.91. The van der Waals surface area contributed by atoms with Gasteiger partial charge in [0.2, 0.25) is 0 Å². The zero-order chi connectivity index (χ0) is 16.0. The van der Waals surface area contributed by atoms with Gasteiger partial charge in [-0.1, -0.05) is 11.6 Å². The topological polar surface area (TPSA) is 37.6 Å². The van der Waals surface area contributed by atoms with E-state index < -0.39 is 0 Å². The number of hydrogen-bond acceptors (Lipinski definition) is 2. The summed E-state index contributed by atoms with van der Waals surface area (Å²) >= 11 is 9.42. The SMILES string of the molecule is O=C(c1ccn2ncc(Br)c2c1)N(c1ccc(Cl)cc1)C1CC1. The minimum absolute atomic E-state index is 0.00502. The lowest BCUT2D eigenvalue weighted by Crippen LogP contribution is -2.33. The van der Waals surface area contributed by atoms with E-state index in [4.69, 9.17) is 11.6 Å². The number of nitrogens with zero attached hydrogens (tertiary/aromatic N) is 3. The van der Waals surface area contributed by atoms with Crippen LogP contribution in [0.5, 0.6) is 0 Å². The van der Waals surface area contributed by atoms with Gasteiger partial charge in [-0.15, -0.1) is 0 Å². The Hall–Kier alpha value is -1.85. The van der Waals surface area contributed by atoms with Gasteiger partial charge < -0.3 is 4.90 Å². The maximum Gasteiger partial charge on any atom is 0.258 e. The van der Waals surface area contributed by atoms with Gasteiger partial charge in [0.15, 0.2) is 0 Å². The van der Waals surface area contributed by atoms with Crippen molar-refractivity contribution in [3.8, 4) is 0 Å². The molecule has 2 aromatic heterocycles. The van der Waals surface area contributed by atoms with E-state index in [1.54, 1.807) is 23.0 Å². The van der Waals surface area contributed by atoms with Crippen LogP contribution < -0.4 is 4.90 Å². The van der Waals surface area contributed by atoms with Crippen molar-refractivity contribution in [2.75, 3.05) is 4.90 Å². The first-order valence-electron chi connectivity index (χ1n) is 7.35. The molecule has 1 aliphatic carbocycles. The molecule has 1 aromatic carbocycles. The lowest BCUT2D eigenvalue weighted by atomic mass is 10.2. The van der Waals surface area contributed by atoms with E-state index in [1.807, 2.05) is 35.2 Å². The van der Waals surface area contributed by atoms with E-state index in [0.717, 1.165) is 28.5 Å². The van der Waals surface area contributed by atoms with Crippen molar-refractivity contribution < 1.29 is 4.79 Å². The van der Waals surface area contributed by atoms with Gasteiger partial charge >= 0.3 is 0 Å². The molecule has 23 heavy (non-hydrogen) atoms. The third-order valence-corrected chi connectivity index (χ3v) is 4.82. The second-order valence-electron chi connectivity index (χ2n) is 5.62. The molecule has 0 atom stereocenters. The molecule has 6 heteroatoms. The molecule has 1 saturated carbocycles. The molecule has 1 amide bonds. The van der Waals surface area contributed by atoms with Crippen molar-refractivity contribution in [1.29, 1.82) is 0 Å². The molecule has 0 saturated heterocycles. The molecule has 0 spiro atoms. The molecular weight excluding hydrogens is 378 g/mol. The second kappa shape index (κ2) is 5.65. The number of hydrogen-bond donors (Lipinski definition) is 0. The fraction of sp³-hybridized carbons (Fsp3) is 0.176. The van der Waals surface area contributed by atoms with Crippen LogP contribution in [-0.2, 0) is 0 Å². The average molecular weight is 391 g/mol. The third kappa shape index (κ3) is 2.75. The maximum atomic E-state index is 13.0. The van der Waals surface area contributed by atoms with Crippen molar-refractivity contribution >= 4 is 44.6 Å². The number of rotatable bonds is 3. The van der Waals surface area contributed by atoms with Gasteiger partial charge in [-0.25, -0.2) is 4.52 Å². The number of halogens is 2. The summed E-state index contributed by atoms with van der Waals surface area (Å²) in [4.78, 5) is 14.9. The van der Waals surface area contributed by atoms with E-state index >= 15 is 0 Å². The van der Waals surface area contributed by atoms with Crippen LogP contribution in [0.3, 0.4) is 0 Å². The highest BCUT2D eigenvalue weighted by atomic mass is 79.9. The molecule has 3 aromatic rings. The zero-order valence-electron chi connectivity index (χ0n) is 12.1. The van der Waals surface area contributed by atoms with Crippen LogP contribution in [0, 0.1) is 0 Å². The summed E-state index contributed by atoms with van der Waals surface area (Å²) in [7, 11) is 0. The Bertz CT molecular complexity index is 886. The van der Waals surface area contributed by atoms with Gasteiger partial charge in [0.1, 0.15) is 0 Å². The Labute approximate surface area is 146 Å². The van der Waals surface area contributed by atoms with Crippen LogP contribution in [0.2, 0.25) is 5.02 Å². The smallest absolute Gasteiger partial charge is 0.258 e. The Kier molecular flexibility index (Phi) is 3.62. The van der Waals surface area contributed by atoms with Crippen molar-refractivity contribution in [2.24, 2.45) is 0 Å². The molecule has 4 nitrogen and oxygen atoms in total. The van der Waals surface area contributed by atoms with Crippen molar-refractivity contribution in [1.82, 2.24) is 9.61 Å². The summed E-state index contributed by atoms with van der Waals surface area (Å²) in [5.74, 6) is 0.00502. The number of benzene rings is 1. The fourth-order valence-corrected chi connectivity index (χ4v) is 3.16. The highest BCUT2D eigenvalue weighted by Gasteiger charge is 2.34. The van der Waals surface area contributed by atoms with E-state index in [-0.39, 0.29) is 11.9 Å². The third-order valence-electron chi connectivity index (χ3n) is 3.96. The van der Waals surface area contributed by atoms with E-state index in [0.29, 0.717) is 10.6 Å². The van der Waals surface area contributed by atoms with Crippen LogP contribution in [0.25, 0.3) is 5.52 Å². The number of amides is 1. The lowest BCUT2D eigenvalue weighted by molar-refractivity contribution is 0.0985. The van der Waals surface area contributed by atoms with Crippen molar-refractivity contribution in [3.05, 3.63) is 63.9 Å². The van der Waals surface area contributed by atoms with Crippen molar-refractivity contribution in [3.63, 3.8) is 0 Å². The average Bonchev–Trinajstić information content (AvgIpc) is 3.33. The van der Waals surface area contributed by atoms with Crippen LogP contribution in [0.1, 0.15) is 23.2 Å². The molecule has 0 unspecified atom stereocenters. The number of aromatic nitrogens is 2. The van der Waals surface area contributed by atoms with E-state index in [2.05, 4.69) is 21.0 Å². The molecule has 1 fully saturated rings. The van der Waals surface area contributed by atoms with Gasteiger partial charge in [0, 0.05) is 28.5 Å². The minimum Gasteiger partial charge on any atom is -0.305 e. The largest absolute Gasteiger partial charge is 0.305 e. The quantitative estimate of drug-likeness (QED) is 0.657. The molecule has 0 radical (unpaired) electrons. The van der Waals surface area contributed by atoms with Gasteiger partial charge in [0.05, 0.1) is 16.2 Å². The van der Waals surface area contributed by atoms with Gasteiger partial charge in [-0.05, 0) is 65.2 Å². The summed E-state index contributed by atoms with van der Waals surface area (Å²) in [6, 6.07) is 11.4. The normalized spacial score (nSPS) is 14.2. The molecule has 2 heterocycles. The van der Waals surface area contributed by atoms with Gasteiger partial charge in [-0.2, -0.15) is 5.10 Å². The van der Waals surface area contributed by atoms with Crippen LogP contribution in [0.15, 0.2) is 53.3 Å². The monoisotopic (exact) mass is 389 g/mol. The first-order valence-corrected chi connectivity index (χ1v) is 8.52. The van der Waals surface area contributed by atoms with Gasteiger partial charge in [0.25, 0.3) is 5.91 Å². The van der Waals surface area contributed by atoms with E-state index in [9.17, 15) is 4.79 Å². The summed E-state index contributed by atoms with van der Waals surface area (Å²) in [6.45, 7) is 0. The molecule has 1 aliphatic rings. The first-order chi connectivity index (χ1) is 11.1. The molecule has 4 rings (SSSR count). The Morgan fingerprint density at radius 3 is 2.70 bits per heavy atom. The lowest BCUT2D eigenvalue weighted by Gasteiger charge is -2.23. The van der Waals surface area contributed by atoms with Crippen LogP contribution in [0.4, 0.5) is 5.69 Å². The number of carbonyl (C=O) groups is 1. The standard InChI is InChI=1S/C17H13BrClN3O/c18-15-10-20-21-8-7-11(9-16(15)21)17(23)22(14-5-6-14)13-3-1-12(19)2-4-13/h1-4,7-10,14H,5-6H2. The number of fused-ring (bicyclic) bond motifs is 1. The molecule has 116 valence electrons. The summed E-state index contributed by atoms with van der Waals surface area (Å²) < 4.78 is 2.61. The Morgan fingerprint density at radius 1 is 1.26 bits per heavy atom. The fourth-order valence-electron chi connectivity index (χ4n) is 2.65. The molecular formula is C17H13BrClN3O. The van der Waals surface area contributed by atoms with E-state index in [1.165, 1.54) is 0 Å². The predicted octanol–water partition coefficient (Wildman–Crippen LogP) is 4.56. The Morgan fingerprint density at radius 2 is 2.00 bits per heavy atom. The van der Waals surface area contributed by atoms with Gasteiger partial charge in [-0.3, -0.25) is 4.79 Å². The number of carbonyl (C=O) groups excluding carboxylic acids is 1. The maximum absolute atomic E-state index is 13.0. The van der Waals surface area contributed by atoms with Crippen molar-refractivity contribution in [2.45, 2.75) is 18.9 Å². The van der Waals surface area contributed by atoms with Crippen LogP contribution >= 0.6 is 27.5 Å². The highest BCUT2D eigenvalue weighted by molar-refractivity contribution is 9.10. The zero-order valence-corrected chi connectivity index (χ0v) is 14.5. The van der Waals surface area contributed by atoms with Crippen LogP contribution in [-0.4, -0.2) is 21.6 Å². The first kappa shape index (κ1) is 14.7. The summed E-state index contributed by atoms with van der Waals surface area (Å²) in [5, 5.41) is 4.88.